The summed E-state index contributed by atoms with van der Waals surface area (Å²) in [5.41, 5.74) is 0. The Morgan fingerprint density at radius 2 is 2.07 bits per heavy atom. The maximum absolute atomic E-state index is 9.11. The predicted octanol–water partition coefficient (Wildman–Crippen LogP) is -0.729. The summed E-state index contributed by atoms with van der Waals surface area (Å²) < 4.78 is 0. The highest BCUT2D eigenvalue weighted by atomic mass is 16.3. The minimum Gasteiger partial charge on any atom is -0.394 e. The summed E-state index contributed by atoms with van der Waals surface area (Å²) in [6.45, 7) is 3.66. The molecule has 4 nitrogen and oxygen atoms in total. The van der Waals surface area contributed by atoms with Gasteiger partial charge in [-0.2, -0.15) is 0 Å². The van der Waals surface area contributed by atoms with Crippen LogP contribution in [0, 0.1) is 5.92 Å². The van der Waals surface area contributed by atoms with Crippen molar-refractivity contribution in [3.63, 3.8) is 0 Å². The normalized spacial score (nSPS) is 22.5. The van der Waals surface area contributed by atoms with Crippen molar-refractivity contribution in [1.82, 2.24) is 10.2 Å². The number of nitrogens with zero attached hydrogens (tertiary/aromatic N) is 1. The summed E-state index contributed by atoms with van der Waals surface area (Å²) in [7, 11) is 2.15. The molecule has 0 aliphatic carbocycles. The van der Waals surface area contributed by atoms with E-state index in [-0.39, 0.29) is 6.61 Å². The van der Waals surface area contributed by atoms with Crippen molar-refractivity contribution in [1.29, 1.82) is 0 Å². The zero-order chi connectivity index (χ0) is 10.4. The minimum absolute atomic E-state index is 0.152. The zero-order valence-corrected chi connectivity index (χ0v) is 8.95. The molecule has 1 saturated heterocycles. The molecule has 1 fully saturated rings. The van der Waals surface area contributed by atoms with Gasteiger partial charge in [0.1, 0.15) is 0 Å². The lowest BCUT2D eigenvalue weighted by molar-refractivity contribution is 0.0923. The molecule has 0 aromatic rings. The Morgan fingerprint density at radius 3 is 2.64 bits per heavy atom. The third kappa shape index (κ3) is 4.37. The molecule has 1 rings (SSSR count). The van der Waals surface area contributed by atoms with Crippen LogP contribution in [-0.2, 0) is 0 Å². The zero-order valence-electron chi connectivity index (χ0n) is 8.95. The maximum Gasteiger partial charge on any atom is 0.0894 e. The van der Waals surface area contributed by atoms with Gasteiger partial charge in [0.15, 0.2) is 0 Å². The van der Waals surface area contributed by atoms with Crippen LogP contribution >= 0.6 is 0 Å². The van der Waals surface area contributed by atoms with Crippen LogP contribution in [0.2, 0.25) is 0 Å². The predicted molar refractivity (Wildman–Crippen MR) is 56.2 cm³/mol. The smallest absolute Gasteiger partial charge is 0.0894 e. The van der Waals surface area contributed by atoms with Crippen molar-refractivity contribution >= 4 is 0 Å². The number of nitrogens with one attached hydrogen (secondary N) is 1. The molecular weight excluding hydrogens is 180 g/mol. The van der Waals surface area contributed by atoms with Gasteiger partial charge in [-0.05, 0) is 45.4 Å². The first-order chi connectivity index (χ1) is 6.72. The van der Waals surface area contributed by atoms with Gasteiger partial charge in [-0.3, -0.25) is 0 Å². The fraction of sp³-hybridized carbons (Fsp3) is 1.00. The highest BCUT2D eigenvalue weighted by Gasteiger charge is 2.16. The van der Waals surface area contributed by atoms with Gasteiger partial charge >= 0.3 is 0 Å². The van der Waals surface area contributed by atoms with Gasteiger partial charge < -0.3 is 20.4 Å². The molecule has 0 bridgehead atoms. The molecule has 0 saturated carbocycles. The molecular formula is C10H22N2O2. The molecule has 1 atom stereocenters. The molecule has 3 N–H and O–H groups in total. The average Bonchev–Trinajstić information content (AvgIpc) is 2.21. The third-order valence-electron chi connectivity index (χ3n) is 2.86. The number of hydrogen-bond donors (Lipinski definition) is 3. The van der Waals surface area contributed by atoms with E-state index in [2.05, 4.69) is 17.3 Å². The van der Waals surface area contributed by atoms with E-state index in [1.807, 2.05) is 0 Å². The molecule has 0 aromatic carbocycles. The van der Waals surface area contributed by atoms with Crippen LogP contribution in [-0.4, -0.2) is 61.1 Å². The van der Waals surface area contributed by atoms with Crippen LogP contribution < -0.4 is 5.32 Å². The van der Waals surface area contributed by atoms with Crippen LogP contribution in [0.5, 0.6) is 0 Å². The molecule has 84 valence electrons. The second kappa shape index (κ2) is 6.35. The van der Waals surface area contributed by atoms with E-state index in [4.69, 9.17) is 10.2 Å². The Hall–Kier alpha value is -0.160. The van der Waals surface area contributed by atoms with Crippen molar-refractivity contribution < 1.29 is 10.2 Å². The van der Waals surface area contributed by atoms with E-state index in [0.29, 0.717) is 6.54 Å². The van der Waals surface area contributed by atoms with Gasteiger partial charge in [0.2, 0.25) is 0 Å². The van der Waals surface area contributed by atoms with Crippen LogP contribution in [0.3, 0.4) is 0 Å². The second-order valence-corrected chi connectivity index (χ2v) is 4.24. The van der Waals surface area contributed by atoms with Crippen LogP contribution in [0.25, 0.3) is 0 Å². The molecule has 0 aromatic heterocycles. The van der Waals surface area contributed by atoms with Crippen molar-refractivity contribution in [3.05, 3.63) is 0 Å². The van der Waals surface area contributed by atoms with E-state index >= 15 is 0 Å². The Labute approximate surface area is 85.9 Å². The van der Waals surface area contributed by atoms with E-state index in [1.165, 1.54) is 25.9 Å². The van der Waals surface area contributed by atoms with Gasteiger partial charge in [-0.1, -0.05) is 0 Å². The maximum atomic E-state index is 9.11. The summed E-state index contributed by atoms with van der Waals surface area (Å²) in [6, 6.07) is 0. The van der Waals surface area contributed by atoms with Crippen LogP contribution in [0.15, 0.2) is 0 Å². The SMILES string of the molecule is CN1CCC(CNC[C@H](O)CO)CC1. The van der Waals surface area contributed by atoms with Crippen LogP contribution in [0.1, 0.15) is 12.8 Å². The summed E-state index contributed by atoms with van der Waals surface area (Å²) in [4.78, 5) is 2.35. The number of rotatable bonds is 5. The lowest BCUT2D eigenvalue weighted by Gasteiger charge is -2.29. The Kier molecular flexibility index (Phi) is 5.40. The molecule has 0 radical (unpaired) electrons. The molecule has 4 heteroatoms. The fourth-order valence-electron chi connectivity index (χ4n) is 1.78. The lowest BCUT2D eigenvalue weighted by Crippen LogP contribution is -2.37. The first-order valence-corrected chi connectivity index (χ1v) is 5.40. The van der Waals surface area contributed by atoms with Gasteiger partial charge in [-0.15, -0.1) is 0 Å². The largest absolute Gasteiger partial charge is 0.394 e. The molecule has 0 spiro atoms. The number of piperidine rings is 1. The summed E-state index contributed by atoms with van der Waals surface area (Å²) >= 11 is 0. The van der Waals surface area contributed by atoms with Gasteiger partial charge in [-0.25, -0.2) is 0 Å². The standard InChI is InChI=1S/C10H22N2O2/c1-12-4-2-9(3-5-12)6-11-7-10(14)8-13/h9-11,13-14H,2-8H2,1H3/t10-/m0/s1. The topological polar surface area (TPSA) is 55.7 Å². The Balaban J connectivity index is 2.02. The second-order valence-electron chi connectivity index (χ2n) is 4.24. The fourth-order valence-corrected chi connectivity index (χ4v) is 1.78. The van der Waals surface area contributed by atoms with Crippen molar-refractivity contribution in [2.24, 2.45) is 5.92 Å². The quantitative estimate of drug-likeness (QED) is 0.550. The third-order valence-corrected chi connectivity index (χ3v) is 2.86. The highest BCUT2D eigenvalue weighted by molar-refractivity contribution is 4.72. The van der Waals surface area contributed by atoms with Crippen LogP contribution in [0.4, 0.5) is 0 Å². The Bertz CT molecular complexity index is 147. The van der Waals surface area contributed by atoms with E-state index < -0.39 is 6.10 Å². The minimum atomic E-state index is -0.610. The number of aliphatic hydroxyl groups excluding tert-OH is 2. The molecule has 0 unspecified atom stereocenters. The number of hydrogen-bond acceptors (Lipinski definition) is 4. The molecule has 1 aliphatic heterocycles. The molecule has 14 heavy (non-hydrogen) atoms. The van der Waals surface area contributed by atoms with E-state index in [9.17, 15) is 0 Å². The summed E-state index contributed by atoms with van der Waals surface area (Å²) in [5, 5.41) is 20.9. The van der Waals surface area contributed by atoms with Crippen molar-refractivity contribution in [3.8, 4) is 0 Å². The molecule has 1 aliphatic rings. The van der Waals surface area contributed by atoms with E-state index in [1.54, 1.807) is 0 Å². The monoisotopic (exact) mass is 202 g/mol. The molecule has 1 heterocycles. The number of aliphatic hydroxyl groups is 2. The van der Waals surface area contributed by atoms with Crippen molar-refractivity contribution in [2.75, 3.05) is 39.8 Å². The van der Waals surface area contributed by atoms with Crippen molar-refractivity contribution in [2.45, 2.75) is 18.9 Å². The highest BCUT2D eigenvalue weighted by Crippen LogP contribution is 2.14. The lowest BCUT2D eigenvalue weighted by atomic mass is 9.97. The summed E-state index contributed by atoms with van der Waals surface area (Å²) in [6.07, 6.45) is 1.86. The summed E-state index contributed by atoms with van der Waals surface area (Å²) in [5.74, 6) is 0.733. The number of likely N-dealkylation sites (tertiary alicyclic amines) is 1. The van der Waals surface area contributed by atoms with Gasteiger partial charge in [0.25, 0.3) is 0 Å². The Morgan fingerprint density at radius 1 is 1.43 bits per heavy atom. The first kappa shape index (κ1) is 11.9. The van der Waals surface area contributed by atoms with E-state index in [0.717, 1.165) is 12.5 Å². The van der Waals surface area contributed by atoms with Gasteiger partial charge in [0, 0.05) is 6.54 Å². The average molecular weight is 202 g/mol. The first-order valence-electron chi connectivity index (χ1n) is 5.40. The molecule has 0 amide bonds. The van der Waals surface area contributed by atoms with Gasteiger partial charge in [0.05, 0.1) is 12.7 Å².